The molecule has 0 aromatic rings. The fourth-order valence-corrected chi connectivity index (χ4v) is 0.782. The molecule has 1 unspecified atom stereocenters. The van der Waals surface area contributed by atoms with Gasteiger partial charge in [0.2, 0.25) is 5.91 Å². The van der Waals surface area contributed by atoms with Crippen LogP contribution in [0.25, 0.3) is 0 Å². The SMILES string of the molecule is CCC(O)CCNC(=O)CC(=O)O. The molecule has 0 radical (unpaired) electrons. The Hall–Kier alpha value is -1.10. The summed E-state index contributed by atoms with van der Waals surface area (Å²) in [5.74, 6) is -1.66. The van der Waals surface area contributed by atoms with Crippen LogP contribution >= 0.6 is 0 Å². The predicted octanol–water partition coefficient (Wildman–Crippen LogP) is -0.262. The Kier molecular flexibility index (Phi) is 5.88. The Morgan fingerprint density at radius 2 is 2.08 bits per heavy atom. The van der Waals surface area contributed by atoms with Crippen LogP contribution in [0.2, 0.25) is 0 Å². The van der Waals surface area contributed by atoms with E-state index in [-0.39, 0.29) is 0 Å². The third-order valence-corrected chi connectivity index (χ3v) is 1.58. The normalized spacial score (nSPS) is 12.2. The number of hydrogen-bond acceptors (Lipinski definition) is 3. The molecule has 0 aliphatic rings. The van der Waals surface area contributed by atoms with Gasteiger partial charge in [-0.1, -0.05) is 6.92 Å². The van der Waals surface area contributed by atoms with E-state index in [2.05, 4.69) is 5.32 Å². The minimum Gasteiger partial charge on any atom is -0.481 e. The number of carboxylic acid groups (broad SMARTS) is 1. The molecule has 0 aliphatic carbocycles. The smallest absolute Gasteiger partial charge is 0.312 e. The molecule has 1 atom stereocenters. The molecule has 3 N–H and O–H groups in total. The standard InChI is InChI=1S/C8H15NO4/c1-2-6(10)3-4-9-7(11)5-8(12)13/h6,10H,2-5H2,1H3,(H,9,11)(H,12,13). The van der Waals surface area contributed by atoms with E-state index in [1.165, 1.54) is 0 Å². The summed E-state index contributed by atoms with van der Waals surface area (Å²) >= 11 is 0. The number of carboxylic acids is 1. The van der Waals surface area contributed by atoms with E-state index >= 15 is 0 Å². The molecular weight excluding hydrogens is 174 g/mol. The summed E-state index contributed by atoms with van der Waals surface area (Å²) in [7, 11) is 0. The van der Waals surface area contributed by atoms with Crippen molar-refractivity contribution in [1.82, 2.24) is 5.32 Å². The molecule has 76 valence electrons. The third kappa shape index (κ3) is 7.27. The molecule has 0 saturated heterocycles. The molecule has 0 spiro atoms. The summed E-state index contributed by atoms with van der Waals surface area (Å²) in [4.78, 5) is 20.8. The summed E-state index contributed by atoms with van der Waals surface area (Å²) in [6, 6.07) is 0. The molecule has 5 heteroatoms. The summed E-state index contributed by atoms with van der Waals surface area (Å²) in [5, 5.41) is 19.7. The number of aliphatic hydroxyl groups is 1. The number of carbonyl (C=O) groups excluding carboxylic acids is 1. The molecular formula is C8H15NO4. The van der Waals surface area contributed by atoms with E-state index in [0.717, 1.165) is 0 Å². The van der Waals surface area contributed by atoms with Crippen molar-refractivity contribution in [3.05, 3.63) is 0 Å². The molecule has 0 fully saturated rings. The predicted molar refractivity (Wildman–Crippen MR) is 46.2 cm³/mol. The van der Waals surface area contributed by atoms with Gasteiger partial charge in [0.25, 0.3) is 0 Å². The second-order valence-corrected chi connectivity index (χ2v) is 2.77. The van der Waals surface area contributed by atoms with Gasteiger partial charge in [0.05, 0.1) is 6.10 Å². The lowest BCUT2D eigenvalue weighted by Gasteiger charge is -2.07. The van der Waals surface area contributed by atoms with Gasteiger partial charge in [0, 0.05) is 6.54 Å². The van der Waals surface area contributed by atoms with Crippen molar-refractivity contribution in [1.29, 1.82) is 0 Å². The molecule has 0 bridgehead atoms. The van der Waals surface area contributed by atoms with Gasteiger partial charge in [0.1, 0.15) is 6.42 Å². The summed E-state index contributed by atoms with van der Waals surface area (Å²) in [5.41, 5.74) is 0. The summed E-state index contributed by atoms with van der Waals surface area (Å²) in [6.07, 6.45) is 0.156. The van der Waals surface area contributed by atoms with Crippen molar-refractivity contribution in [3.8, 4) is 0 Å². The van der Waals surface area contributed by atoms with Crippen LogP contribution in [0.1, 0.15) is 26.2 Å². The van der Waals surface area contributed by atoms with E-state index in [1.54, 1.807) is 0 Å². The van der Waals surface area contributed by atoms with Crippen LogP contribution in [0.4, 0.5) is 0 Å². The minimum atomic E-state index is -1.14. The zero-order chi connectivity index (χ0) is 10.3. The number of rotatable bonds is 6. The fraction of sp³-hybridized carbons (Fsp3) is 0.750. The molecule has 1 amide bonds. The third-order valence-electron chi connectivity index (χ3n) is 1.58. The maximum Gasteiger partial charge on any atom is 0.312 e. The van der Waals surface area contributed by atoms with Gasteiger partial charge >= 0.3 is 5.97 Å². The first kappa shape index (κ1) is 11.9. The van der Waals surface area contributed by atoms with Crippen LogP contribution < -0.4 is 5.32 Å². The van der Waals surface area contributed by atoms with E-state index in [0.29, 0.717) is 19.4 Å². The van der Waals surface area contributed by atoms with Gasteiger partial charge < -0.3 is 15.5 Å². The van der Waals surface area contributed by atoms with Crippen LogP contribution in [0.5, 0.6) is 0 Å². The Morgan fingerprint density at radius 1 is 1.46 bits per heavy atom. The number of aliphatic hydroxyl groups excluding tert-OH is 1. The molecule has 13 heavy (non-hydrogen) atoms. The first-order chi connectivity index (χ1) is 6.06. The molecule has 5 nitrogen and oxygen atoms in total. The van der Waals surface area contributed by atoms with Crippen LogP contribution in [0.3, 0.4) is 0 Å². The fourth-order valence-electron chi connectivity index (χ4n) is 0.782. The second kappa shape index (κ2) is 6.42. The number of aliphatic carboxylic acids is 1. The van der Waals surface area contributed by atoms with Gasteiger partial charge in [-0.25, -0.2) is 0 Å². The van der Waals surface area contributed by atoms with E-state index in [1.807, 2.05) is 6.92 Å². The highest BCUT2D eigenvalue weighted by Gasteiger charge is 2.07. The van der Waals surface area contributed by atoms with Crippen molar-refractivity contribution in [3.63, 3.8) is 0 Å². The molecule has 0 saturated carbocycles. The Morgan fingerprint density at radius 3 is 2.54 bits per heavy atom. The average molecular weight is 189 g/mol. The van der Waals surface area contributed by atoms with Gasteiger partial charge in [-0.3, -0.25) is 9.59 Å². The summed E-state index contributed by atoms with van der Waals surface area (Å²) in [6.45, 7) is 2.16. The molecule has 0 aromatic heterocycles. The number of carbonyl (C=O) groups is 2. The lowest BCUT2D eigenvalue weighted by atomic mass is 10.2. The zero-order valence-corrected chi connectivity index (χ0v) is 7.62. The van der Waals surface area contributed by atoms with Crippen molar-refractivity contribution in [2.45, 2.75) is 32.3 Å². The van der Waals surface area contributed by atoms with E-state index in [4.69, 9.17) is 10.2 Å². The van der Waals surface area contributed by atoms with Gasteiger partial charge in [-0.2, -0.15) is 0 Å². The average Bonchev–Trinajstić information content (AvgIpc) is 2.02. The quantitative estimate of drug-likeness (QED) is 0.502. The first-order valence-corrected chi connectivity index (χ1v) is 4.22. The van der Waals surface area contributed by atoms with Crippen molar-refractivity contribution < 1.29 is 19.8 Å². The minimum absolute atomic E-state index is 0.321. The Balaban J connectivity index is 3.42. The van der Waals surface area contributed by atoms with Gasteiger partial charge in [-0.15, -0.1) is 0 Å². The van der Waals surface area contributed by atoms with Crippen LogP contribution in [-0.2, 0) is 9.59 Å². The van der Waals surface area contributed by atoms with Crippen molar-refractivity contribution in [2.75, 3.05) is 6.54 Å². The highest BCUT2D eigenvalue weighted by molar-refractivity contribution is 5.93. The molecule has 0 aromatic carbocycles. The van der Waals surface area contributed by atoms with Crippen LogP contribution in [0, 0.1) is 0 Å². The van der Waals surface area contributed by atoms with Crippen molar-refractivity contribution >= 4 is 11.9 Å². The lowest BCUT2D eigenvalue weighted by Crippen LogP contribution is -2.28. The maximum atomic E-state index is 10.7. The number of nitrogens with one attached hydrogen (secondary N) is 1. The Bertz CT molecular complexity index is 181. The van der Waals surface area contributed by atoms with Gasteiger partial charge in [0.15, 0.2) is 0 Å². The number of hydrogen-bond donors (Lipinski definition) is 3. The van der Waals surface area contributed by atoms with Crippen LogP contribution in [-0.4, -0.2) is 34.7 Å². The first-order valence-electron chi connectivity index (χ1n) is 4.22. The van der Waals surface area contributed by atoms with E-state index in [9.17, 15) is 9.59 Å². The van der Waals surface area contributed by atoms with Crippen LogP contribution in [0.15, 0.2) is 0 Å². The summed E-state index contributed by atoms with van der Waals surface area (Å²) < 4.78 is 0. The number of amides is 1. The molecule has 0 rings (SSSR count). The van der Waals surface area contributed by atoms with Crippen molar-refractivity contribution in [2.24, 2.45) is 0 Å². The second-order valence-electron chi connectivity index (χ2n) is 2.77. The topological polar surface area (TPSA) is 86.6 Å². The largest absolute Gasteiger partial charge is 0.481 e. The molecule has 0 aliphatic heterocycles. The zero-order valence-electron chi connectivity index (χ0n) is 7.62. The maximum absolute atomic E-state index is 10.7. The molecule has 0 heterocycles. The monoisotopic (exact) mass is 189 g/mol. The highest BCUT2D eigenvalue weighted by Crippen LogP contribution is 1.94. The Labute approximate surface area is 76.8 Å². The van der Waals surface area contributed by atoms with Gasteiger partial charge in [-0.05, 0) is 12.8 Å². The van der Waals surface area contributed by atoms with E-state index < -0.39 is 24.4 Å². The highest BCUT2D eigenvalue weighted by atomic mass is 16.4. The lowest BCUT2D eigenvalue weighted by molar-refractivity contribution is -0.140.